The molecule has 0 saturated carbocycles. The van der Waals surface area contributed by atoms with Crippen molar-refractivity contribution in [3.05, 3.63) is 0 Å². The van der Waals surface area contributed by atoms with Crippen LogP contribution in [-0.2, 0) is 42.9 Å². The molecule has 0 rings (SSSR count). The first-order valence-corrected chi connectivity index (χ1v) is 17.1. The Labute approximate surface area is 225 Å². The molecule has 0 aliphatic carbocycles. The van der Waals surface area contributed by atoms with Crippen LogP contribution in [0.5, 0.6) is 0 Å². The molecule has 0 saturated heterocycles. The van der Waals surface area contributed by atoms with Crippen LogP contribution >= 0.6 is 0 Å². The molecule has 0 N–H and O–H groups in total. The van der Waals surface area contributed by atoms with Gasteiger partial charge in [0.15, 0.2) is 0 Å². The first-order chi connectivity index (χ1) is 17.4. The number of ketones is 1. The molecule has 0 aromatic heterocycles. The third-order valence-electron chi connectivity index (χ3n) is 5.88. The Morgan fingerprint density at radius 2 is 1.11 bits per heavy atom. The van der Waals surface area contributed by atoms with Crippen molar-refractivity contribution in [3.63, 3.8) is 0 Å². The quantitative estimate of drug-likeness (QED) is 0.0758. The van der Waals surface area contributed by atoms with Gasteiger partial charge in [-0.15, -0.1) is 3.63 Å². The SMILES string of the molecule is CCCCCCCCCCCCCCCCCCOC(C(C)OC(=O)CC(C)=O)S(=O)(=O)OS(C)(=O)=O. The van der Waals surface area contributed by atoms with E-state index < -0.39 is 49.9 Å². The Morgan fingerprint density at radius 1 is 0.703 bits per heavy atom. The fourth-order valence-corrected chi connectivity index (χ4v) is 6.50. The van der Waals surface area contributed by atoms with Crippen LogP contribution in [-0.4, -0.2) is 53.0 Å². The van der Waals surface area contributed by atoms with Crippen molar-refractivity contribution in [1.29, 1.82) is 0 Å². The molecule has 9 nitrogen and oxygen atoms in total. The molecule has 0 spiro atoms. The summed E-state index contributed by atoms with van der Waals surface area (Å²) in [5.41, 5.74) is -1.82. The second kappa shape index (κ2) is 20.9. The van der Waals surface area contributed by atoms with Crippen molar-refractivity contribution >= 4 is 32.0 Å². The molecule has 0 amide bonds. The van der Waals surface area contributed by atoms with Gasteiger partial charge in [-0.05, 0) is 20.3 Å². The number of ether oxygens (including phenoxy) is 2. The van der Waals surface area contributed by atoms with Crippen molar-refractivity contribution in [1.82, 2.24) is 0 Å². The number of carbonyl (C=O) groups excluding carboxylic acids is 2. The molecular formula is C26H50O9S2. The lowest BCUT2D eigenvalue weighted by atomic mass is 10.0. The molecule has 2 atom stereocenters. The van der Waals surface area contributed by atoms with Gasteiger partial charge in [-0.1, -0.05) is 103 Å². The minimum atomic E-state index is -4.75. The van der Waals surface area contributed by atoms with E-state index in [1.165, 1.54) is 90.9 Å². The van der Waals surface area contributed by atoms with Crippen LogP contribution in [0.15, 0.2) is 0 Å². The summed E-state index contributed by atoms with van der Waals surface area (Å²) in [5, 5.41) is 0. The molecule has 0 bridgehead atoms. The van der Waals surface area contributed by atoms with Gasteiger partial charge in [-0.25, -0.2) is 0 Å². The number of carbonyl (C=O) groups is 2. The number of Topliss-reactive ketones (excluding diaryl/α,β-unsaturated/α-hetero) is 1. The van der Waals surface area contributed by atoms with Crippen molar-refractivity contribution < 1.29 is 39.5 Å². The van der Waals surface area contributed by atoms with Crippen LogP contribution in [0.25, 0.3) is 0 Å². The number of unbranched alkanes of at least 4 members (excludes halogenated alkanes) is 15. The summed E-state index contributed by atoms with van der Waals surface area (Å²) in [6.07, 6.45) is 17.9. The number of hydrogen-bond donors (Lipinski definition) is 0. The van der Waals surface area contributed by atoms with Gasteiger partial charge in [0.2, 0.25) is 5.44 Å². The van der Waals surface area contributed by atoms with Gasteiger partial charge < -0.3 is 9.47 Å². The topological polar surface area (TPSA) is 130 Å². The van der Waals surface area contributed by atoms with Crippen molar-refractivity contribution in [2.24, 2.45) is 0 Å². The molecule has 220 valence electrons. The van der Waals surface area contributed by atoms with E-state index in [1.807, 2.05) is 0 Å². The second-order valence-corrected chi connectivity index (χ2v) is 13.3. The molecule has 0 heterocycles. The number of hydrogen-bond acceptors (Lipinski definition) is 9. The molecule has 0 aromatic carbocycles. The Bertz CT molecular complexity index is 823. The maximum atomic E-state index is 12.4. The molecular weight excluding hydrogens is 520 g/mol. The standard InChI is InChI=1S/C26H50O9S2/c1-5-6-7-8-9-10-11-12-13-14-15-16-17-18-19-20-21-33-26(37(31,32)35-36(4,29)30)24(3)34-25(28)22-23(2)27/h24,26H,5-22H2,1-4H3. The van der Waals surface area contributed by atoms with Gasteiger partial charge in [0.25, 0.3) is 10.1 Å². The van der Waals surface area contributed by atoms with Crippen LogP contribution in [0.4, 0.5) is 0 Å². The van der Waals surface area contributed by atoms with Crippen molar-refractivity contribution in [2.75, 3.05) is 12.9 Å². The summed E-state index contributed by atoms with van der Waals surface area (Å²) in [7, 11) is -9.08. The average molecular weight is 571 g/mol. The van der Waals surface area contributed by atoms with Crippen LogP contribution in [0.1, 0.15) is 130 Å². The highest BCUT2D eigenvalue weighted by Crippen LogP contribution is 2.18. The first kappa shape index (κ1) is 36.0. The van der Waals surface area contributed by atoms with E-state index in [4.69, 9.17) is 9.47 Å². The first-order valence-electron chi connectivity index (χ1n) is 13.8. The highest BCUT2D eigenvalue weighted by Gasteiger charge is 2.38. The third kappa shape index (κ3) is 21.6. The van der Waals surface area contributed by atoms with E-state index in [-0.39, 0.29) is 6.61 Å². The predicted octanol–water partition coefficient (Wildman–Crippen LogP) is 5.81. The molecule has 2 unspecified atom stereocenters. The lowest BCUT2D eigenvalue weighted by Crippen LogP contribution is -2.40. The van der Waals surface area contributed by atoms with Crippen LogP contribution in [0.3, 0.4) is 0 Å². The van der Waals surface area contributed by atoms with Crippen molar-refractivity contribution in [2.45, 2.75) is 141 Å². The summed E-state index contributed by atoms with van der Waals surface area (Å²) in [4.78, 5) is 22.8. The summed E-state index contributed by atoms with van der Waals surface area (Å²) >= 11 is 0. The van der Waals surface area contributed by atoms with E-state index >= 15 is 0 Å². The third-order valence-corrected chi connectivity index (χ3v) is 8.71. The molecule has 37 heavy (non-hydrogen) atoms. The molecule has 0 fully saturated rings. The number of esters is 1. The van der Waals surface area contributed by atoms with E-state index in [1.54, 1.807) is 0 Å². The van der Waals surface area contributed by atoms with Gasteiger partial charge in [0.05, 0.1) is 6.26 Å². The maximum Gasteiger partial charge on any atom is 0.313 e. The van der Waals surface area contributed by atoms with Crippen LogP contribution in [0.2, 0.25) is 0 Å². The highest BCUT2D eigenvalue weighted by atomic mass is 32.3. The normalized spacial score (nSPS) is 13.8. The largest absolute Gasteiger partial charge is 0.458 e. The molecule has 11 heteroatoms. The monoisotopic (exact) mass is 570 g/mol. The lowest BCUT2D eigenvalue weighted by Gasteiger charge is -2.23. The average Bonchev–Trinajstić information content (AvgIpc) is 2.75. The number of rotatable bonds is 25. The Kier molecular flexibility index (Phi) is 20.3. The smallest absolute Gasteiger partial charge is 0.313 e. The summed E-state index contributed by atoms with van der Waals surface area (Å²) in [6, 6.07) is 0. The zero-order valence-corrected chi connectivity index (χ0v) is 25.0. The van der Waals surface area contributed by atoms with Gasteiger partial charge in [0, 0.05) is 6.61 Å². The minimum Gasteiger partial charge on any atom is -0.458 e. The fraction of sp³-hybridized carbons (Fsp3) is 0.923. The van der Waals surface area contributed by atoms with Gasteiger partial charge in [0.1, 0.15) is 18.3 Å². The van der Waals surface area contributed by atoms with Gasteiger partial charge >= 0.3 is 16.1 Å². The molecule has 0 aliphatic heterocycles. The minimum absolute atomic E-state index is 0.0318. The molecule has 0 aliphatic rings. The van der Waals surface area contributed by atoms with E-state index in [2.05, 4.69) is 10.6 Å². The van der Waals surface area contributed by atoms with E-state index in [0.717, 1.165) is 19.3 Å². The summed E-state index contributed by atoms with van der Waals surface area (Å²) < 4.78 is 62.1. The maximum absolute atomic E-state index is 12.4. The Balaban J connectivity index is 4.17. The summed E-state index contributed by atoms with van der Waals surface area (Å²) in [5.74, 6) is -1.37. The zero-order chi connectivity index (χ0) is 28.2. The fourth-order valence-electron chi connectivity index (χ4n) is 4.02. The lowest BCUT2D eigenvalue weighted by molar-refractivity contribution is -0.154. The highest BCUT2D eigenvalue weighted by molar-refractivity contribution is 7.99. The van der Waals surface area contributed by atoms with Gasteiger partial charge in [-0.2, -0.15) is 16.8 Å². The second-order valence-electron chi connectivity index (χ2n) is 9.88. The van der Waals surface area contributed by atoms with Crippen LogP contribution < -0.4 is 0 Å². The Hall–Kier alpha value is -1.04. The molecule has 0 radical (unpaired) electrons. The Morgan fingerprint density at radius 3 is 1.49 bits per heavy atom. The summed E-state index contributed by atoms with van der Waals surface area (Å²) in [6.45, 7) is 4.72. The van der Waals surface area contributed by atoms with Gasteiger partial charge in [-0.3, -0.25) is 9.59 Å². The van der Waals surface area contributed by atoms with Crippen LogP contribution in [0, 0.1) is 0 Å². The van der Waals surface area contributed by atoms with E-state index in [0.29, 0.717) is 12.7 Å². The molecule has 0 aromatic rings. The predicted molar refractivity (Wildman–Crippen MR) is 145 cm³/mol. The van der Waals surface area contributed by atoms with E-state index in [9.17, 15) is 26.4 Å². The zero-order valence-electron chi connectivity index (χ0n) is 23.4. The van der Waals surface area contributed by atoms with Crippen molar-refractivity contribution in [3.8, 4) is 0 Å².